The Morgan fingerprint density at radius 3 is 2.79 bits per heavy atom. The number of imidazole rings is 1. The fraction of sp³-hybridized carbons (Fsp3) is 0.333. The molecule has 7 nitrogen and oxygen atoms in total. The summed E-state index contributed by atoms with van der Waals surface area (Å²) in [6.07, 6.45) is 2.48. The lowest BCUT2D eigenvalue weighted by molar-refractivity contribution is -0.0592. The Bertz CT molecular complexity index is 1530. The van der Waals surface area contributed by atoms with Crippen LogP contribution < -0.4 is 4.74 Å². The average molecular weight is 550 g/mol. The van der Waals surface area contributed by atoms with E-state index in [1.54, 1.807) is 30.3 Å². The lowest BCUT2D eigenvalue weighted by Gasteiger charge is -2.30. The third kappa shape index (κ3) is 5.64. The van der Waals surface area contributed by atoms with Crippen LogP contribution in [0.25, 0.3) is 11.0 Å². The minimum absolute atomic E-state index is 0.123. The molecule has 1 atom stereocenters. The number of nitrogens with zero attached hydrogens (tertiary/aromatic N) is 3. The van der Waals surface area contributed by atoms with Gasteiger partial charge in [-0.05, 0) is 72.0 Å². The molecule has 0 radical (unpaired) electrons. The Hall–Kier alpha value is -3.46. The molecular weight excluding hydrogens is 521 g/mol. The Balaban J connectivity index is 1.16. The number of ether oxygens (including phenoxy) is 2. The van der Waals surface area contributed by atoms with Crippen molar-refractivity contribution in [2.24, 2.45) is 0 Å². The van der Waals surface area contributed by atoms with Crippen LogP contribution in [-0.2, 0) is 37.2 Å². The summed E-state index contributed by atoms with van der Waals surface area (Å²) in [5.41, 5.74) is 4.95. The highest BCUT2D eigenvalue weighted by molar-refractivity contribution is 6.30. The second-order valence-corrected chi connectivity index (χ2v) is 10.6. The van der Waals surface area contributed by atoms with Gasteiger partial charge < -0.3 is 19.1 Å². The monoisotopic (exact) mass is 549 g/mol. The van der Waals surface area contributed by atoms with E-state index in [2.05, 4.69) is 21.6 Å². The number of aromatic nitrogens is 2. The van der Waals surface area contributed by atoms with E-state index in [-0.39, 0.29) is 17.5 Å². The smallest absolute Gasteiger partial charge is 0.335 e. The fourth-order valence-corrected chi connectivity index (χ4v) is 5.44. The van der Waals surface area contributed by atoms with Crippen molar-refractivity contribution in [3.05, 3.63) is 93.5 Å². The molecule has 0 amide bonds. The molecule has 1 aromatic heterocycles. The summed E-state index contributed by atoms with van der Waals surface area (Å²) >= 11 is 5.85. The zero-order valence-corrected chi connectivity index (χ0v) is 22.2. The Morgan fingerprint density at radius 1 is 1.15 bits per heavy atom. The third-order valence-corrected chi connectivity index (χ3v) is 7.78. The van der Waals surface area contributed by atoms with Gasteiger partial charge >= 0.3 is 5.97 Å². The summed E-state index contributed by atoms with van der Waals surface area (Å²) in [6, 6.07) is 16.0. The number of benzene rings is 3. The van der Waals surface area contributed by atoms with Crippen LogP contribution in [-0.4, -0.2) is 51.4 Å². The van der Waals surface area contributed by atoms with Crippen molar-refractivity contribution in [3.63, 3.8) is 0 Å². The maximum Gasteiger partial charge on any atom is 0.335 e. The molecule has 39 heavy (non-hydrogen) atoms. The molecule has 2 aliphatic rings. The van der Waals surface area contributed by atoms with E-state index < -0.39 is 5.97 Å². The van der Waals surface area contributed by atoms with Crippen molar-refractivity contribution >= 4 is 28.6 Å². The number of aromatic carboxylic acids is 1. The summed E-state index contributed by atoms with van der Waals surface area (Å²) in [7, 11) is 0. The number of fused-ring (bicyclic) bond motifs is 2. The number of rotatable bonds is 9. The van der Waals surface area contributed by atoms with Crippen molar-refractivity contribution in [2.45, 2.75) is 45.0 Å². The summed E-state index contributed by atoms with van der Waals surface area (Å²) in [4.78, 5) is 18.8. The van der Waals surface area contributed by atoms with Gasteiger partial charge in [0.15, 0.2) is 0 Å². The lowest BCUT2D eigenvalue weighted by atomic mass is 9.99. The molecule has 4 aromatic rings. The molecule has 6 rings (SSSR count). The van der Waals surface area contributed by atoms with Crippen LogP contribution in [0.2, 0.25) is 5.02 Å². The quantitative estimate of drug-likeness (QED) is 0.297. The van der Waals surface area contributed by atoms with Gasteiger partial charge in [0.2, 0.25) is 0 Å². The van der Waals surface area contributed by atoms with Crippen molar-refractivity contribution in [2.75, 3.05) is 19.8 Å². The van der Waals surface area contributed by atoms with Crippen LogP contribution >= 0.6 is 11.6 Å². The molecule has 1 fully saturated rings. The average Bonchev–Trinajstić information content (AvgIpc) is 3.23. The van der Waals surface area contributed by atoms with Crippen molar-refractivity contribution in [1.29, 1.82) is 0 Å². The summed E-state index contributed by atoms with van der Waals surface area (Å²) in [6.45, 7) is 4.08. The highest BCUT2D eigenvalue weighted by Gasteiger charge is 2.24. The van der Waals surface area contributed by atoms with Gasteiger partial charge in [-0.2, -0.15) is 0 Å². The molecular formula is C30H29ClFN3O4. The van der Waals surface area contributed by atoms with E-state index in [0.717, 1.165) is 55.1 Å². The zero-order chi connectivity index (χ0) is 26.9. The Labute approximate surface area is 230 Å². The van der Waals surface area contributed by atoms with Gasteiger partial charge in [0.1, 0.15) is 17.4 Å². The van der Waals surface area contributed by atoms with E-state index in [9.17, 15) is 14.3 Å². The molecule has 202 valence electrons. The number of hydrogen-bond acceptors (Lipinski definition) is 5. The summed E-state index contributed by atoms with van der Waals surface area (Å²) in [5.74, 6) is 0.403. The molecule has 3 heterocycles. The molecule has 3 aromatic carbocycles. The number of carboxylic acids is 1. The molecule has 0 spiro atoms. The van der Waals surface area contributed by atoms with E-state index in [1.165, 1.54) is 17.2 Å². The van der Waals surface area contributed by atoms with Crippen LogP contribution in [0.3, 0.4) is 0 Å². The molecule has 9 heteroatoms. The van der Waals surface area contributed by atoms with Gasteiger partial charge in [-0.1, -0.05) is 23.7 Å². The standard InChI is InChI=1S/C30H29ClFN3O4/c31-23-4-1-20(26(32)15-23)8-11-38-24-5-2-19-7-10-34(16-22(19)13-24)18-29-33-27-6-3-21(30(36)37)14-28(27)35(29)17-25-9-12-39-25/h1-6,13-15,25H,7-12,16-18H2,(H,36,37)/t25-/m0/s1. The first kappa shape index (κ1) is 25.8. The van der Waals surface area contributed by atoms with Gasteiger partial charge in [-0.25, -0.2) is 14.2 Å². The van der Waals surface area contributed by atoms with Crippen molar-refractivity contribution in [3.8, 4) is 5.75 Å². The first-order chi connectivity index (χ1) is 18.9. The van der Waals surface area contributed by atoms with Crippen LogP contribution in [0.15, 0.2) is 54.6 Å². The molecule has 0 unspecified atom stereocenters. The highest BCUT2D eigenvalue weighted by Crippen LogP contribution is 2.27. The molecule has 0 saturated carbocycles. The van der Waals surface area contributed by atoms with Crippen molar-refractivity contribution < 1.29 is 23.8 Å². The lowest BCUT2D eigenvalue weighted by Crippen LogP contribution is -2.34. The molecule has 1 saturated heterocycles. The predicted octanol–water partition coefficient (Wildman–Crippen LogP) is 5.50. The first-order valence-electron chi connectivity index (χ1n) is 13.2. The van der Waals surface area contributed by atoms with Crippen LogP contribution in [0.1, 0.15) is 39.3 Å². The van der Waals surface area contributed by atoms with E-state index in [0.29, 0.717) is 36.7 Å². The first-order valence-corrected chi connectivity index (χ1v) is 13.6. The van der Waals surface area contributed by atoms with E-state index >= 15 is 0 Å². The summed E-state index contributed by atoms with van der Waals surface area (Å²) in [5, 5.41) is 9.88. The maximum absolute atomic E-state index is 14.1. The normalized spacial score (nSPS) is 17.1. The number of carboxylic acid groups (broad SMARTS) is 1. The largest absolute Gasteiger partial charge is 0.493 e. The molecule has 0 aliphatic carbocycles. The van der Waals surface area contributed by atoms with E-state index in [1.807, 2.05) is 6.07 Å². The second-order valence-electron chi connectivity index (χ2n) is 10.2. The number of halogens is 2. The topological polar surface area (TPSA) is 76.8 Å². The number of carbonyl (C=O) groups is 1. The predicted molar refractivity (Wildman–Crippen MR) is 146 cm³/mol. The minimum Gasteiger partial charge on any atom is -0.493 e. The van der Waals surface area contributed by atoms with Crippen LogP contribution in [0.4, 0.5) is 4.39 Å². The van der Waals surface area contributed by atoms with Gasteiger partial charge in [0.05, 0.1) is 42.4 Å². The molecule has 1 N–H and O–H groups in total. The molecule has 0 bridgehead atoms. The van der Waals surface area contributed by atoms with E-state index in [4.69, 9.17) is 26.1 Å². The van der Waals surface area contributed by atoms with Crippen molar-refractivity contribution in [1.82, 2.24) is 14.5 Å². The zero-order valence-electron chi connectivity index (χ0n) is 21.4. The SMILES string of the molecule is O=C(O)c1ccc2nc(CN3CCc4ccc(OCCc5ccc(Cl)cc5F)cc4C3)n(C[C@@H]3CCO3)c2c1. The maximum atomic E-state index is 14.1. The highest BCUT2D eigenvalue weighted by atomic mass is 35.5. The Morgan fingerprint density at radius 2 is 2.03 bits per heavy atom. The van der Waals surface area contributed by atoms with Gasteiger partial charge in [-0.15, -0.1) is 0 Å². The second kappa shape index (κ2) is 11.0. The third-order valence-electron chi connectivity index (χ3n) is 7.54. The summed E-state index contributed by atoms with van der Waals surface area (Å²) < 4.78 is 27.9. The number of hydrogen-bond donors (Lipinski definition) is 1. The van der Waals surface area contributed by atoms with Crippen LogP contribution in [0.5, 0.6) is 5.75 Å². The van der Waals surface area contributed by atoms with Gasteiger partial charge in [0.25, 0.3) is 0 Å². The Kier molecular flexibility index (Phi) is 7.25. The fourth-order valence-electron chi connectivity index (χ4n) is 5.28. The molecule has 2 aliphatic heterocycles. The van der Waals surface area contributed by atoms with Crippen LogP contribution in [0, 0.1) is 5.82 Å². The van der Waals surface area contributed by atoms with Gasteiger partial charge in [0, 0.05) is 31.1 Å². The minimum atomic E-state index is -0.949. The van der Waals surface area contributed by atoms with Gasteiger partial charge in [-0.3, -0.25) is 4.90 Å².